The summed E-state index contributed by atoms with van der Waals surface area (Å²) < 4.78 is 5.37. The highest BCUT2D eigenvalue weighted by Crippen LogP contribution is 2.23. The first-order valence-corrected chi connectivity index (χ1v) is 7.14. The molecule has 1 amide bonds. The topological polar surface area (TPSA) is 51.2 Å². The lowest BCUT2D eigenvalue weighted by molar-refractivity contribution is 0.0935. The Hall–Kier alpha value is -2.07. The summed E-state index contributed by atoms with van der Waals surface area (Å²) in [7, 11) is 0. The standard InChI is InChI=1S/C16H17ClN2O2/c1-3-21-16-13(8-6-10-18-16)15(20)19-11(2)12-7-4-5-9-14(12)17/h4-11H,3H2,1-2H3,(H,19,20). The zero-order valence-corrected chi connectivity index (χ0v) is 12.7. The van der Waals surface area contributed by atoms with Crippen LogP contribution in [0.3, 0.4) is 0 Å². The van der Waals surface area contributed by atoms with E-state index in [4.69, 9.17) is 16.3 Å². The molecule has 0 saturated heterocycles. The highest BCUT2D eigenvalue weighted by molar-refractivity contribution is 6.31. The van der Waals surface area contributed by atoms with E-state index in [0.29, 0.717) is 23.1 Å². The van der Waals surface area contributed by atoms with Crippen LogP contribution in [0.4, 0.5) is 0 Å². The van der Waals surface area contributed by atoms with Crippen molar-refractivity contribution in [1.82, 2.24) is 10.3 Å². The van der Waals surface area contributed by atoms with Gasteiger partial charge < -0.3 is 10.1 Å². The smallest absolute Gasteiger partial charge is 0.257 e. The summed E-state index contributed by atoms with van der Waals surface area (Å²) >= 11 is 6.14. The Morgan fingerprint density at radius 2 is 2.10 bits per heavy atom. The van der Waals surface area contributed by atoms with E-state index in [-0.39, 0.29) is 11.9 Å². The van der Waals surface area contributed by atoms with Crippen molar-refractivity contribution in [3.05, 3.63) is 58.7 Å². The lowest BCUT2D eigenvalue weighted by Gasteiger charge is -2.16. The Labute approximate surface area is 129 Å². The molecule has 4 nitrogen and oxygen atoms in total. The van der Waals surface area contributed by atoms with Crippen LogP contribution >= 0.6 is 11.6 Å². The first-order valence-electron chi connectivity index (χ1n) is 6.76. The van der Waals surface area contributed by atoms with Crippen LogP contribution in [0.2, 0.25) is 5.02 Å². The number of hydrogen-bond acceptors (Lipinski definition) is 3. The molecule has 0 saturated carbocycles. The molecule has 110 valence electrons. The van der Waals surface area contributed by atoms with Crippen LogP contribution in [0.1, 0.15) is 35.8 Å². The second kappa shape index (κ2) is 7.09. The molecule has 1 heterocycles. The van der Waals surface area contributed by atoms with Gasteiger partial charge in [0, 0.05) is 11.2 Å². The van der Waals surface area contributed by atoms with E-state index < -0.39 is 0 Å². The van der Waals surface area contributed by atoms with Crippen LogP contribution in [0.5, 0.6) is 5.88 Å². The van der Waals surface area contributed by atoms with Crippen molar-refractivity contribution in [1.29, 1.82) is 0 Å². The highest BCUT2D eigenvalue weighted by atomic mass is 35.5. The lowest BCUT2D eigenvalue weighted by Crippen LogP contribution is -2.27. The molecule has 1 N–H and O–H groups in total. The monoisotopic (exact) mass is 304 g/mol. The van der Waals surface area contributed by atoms with Crippen molar-refractivity contribution in [2.24, 2.45) is 0 Å². The number of amides is 1. The van der Waals surface area contributed by atoms with E-state index >= 15 is 0 Å². The fourth-order valence-corrected chi connectivity index (χ4v) is 2.29. The third kappa shape index (κ3) is 3.73. The molecule has 1 unspecified atom stereocenters. The predicted molar refractivity (Wildman–Crippen MR) is 82.7 cm³/mol. The Kier molecular flexibility index (Phi) is 5.17. The number of nitrogens with zero attached hydrogens (tertiary/aromatic N) is 1. The van der Waals surface area contributed by atoms with Crippen LogP contribution in [-0.4, -0.2) is 17.5 Å². The number of hydrogen-bond donors (Lipinski definition) is 1. The van der Waals surface area contributed by atoms with Gasteiger partial charge in [-0.05, 0) is 37.6 Å². The Bertz CT molecular complexity index is 631. The number of aromatic nitrogens is 1. The minimum Gasteiger partial charge on any atom is -0.477 e. The predicted octanol–water partition coefficient (Wildman–Crippen LogP) is 3.62. The van der Waals surface area contributed by atoms with Crippen molar-refractivity contribution in [2.45, 2.75) is 19.9 Å². The largest absolute Gasteiger partial charge is 0.477 e. The molecule has 2 aromatic rings. The molecule has 1 aromatic heterocycles. The van der Waals surface area contributed by atoms with Crippen LogP contribution in [0.25, 0.3) is 0 Å². The SMILES string of the molecule is CCOc1ncccc1C(=O)NC(C)c1ccccc1Cl. The number of carbonyl (C=O) groups is 1. The van der Waals surface area contributed by atoms with Gasteiger partial charge >= 0.3 is 0 Å². The quantitative estimate of drug-likeness (QED) is 0.918. The van der Waals surface area contributed by atoms with Gasteiger partial charge in [-0.15, -0.1) is 0 Å². The summed E-state index contributed by atoms with van der Waals surface area (Å²) in [6.45, 7) is 4.19. The first-order chi connectivity index (χ1) is 10.1. The van der Waals surface area contributed by atoms with Crippen LogP contribution in [0.15, 0.2) is 42.6 Å². The number of halogens is 1. The fourth-order valence-electron chi connectivity index (χ4n) is 1.99. The molecule has 0 spiro atoms. The molecule has 0 aliphatic heterocycles. The van der Waals surface area contributed by atoms with E-state index in [9.17, 15) is 4.79 Å². The number of ether oxygens (including phenoxy) is 1. The minimum atomic E-state index is -0.237. The van der Waals surface area contributed by atoms with Crippen molar-refractivity contribution in [3.63, 3.8) is 0 Å². The molecule has 0 fully saturated rings. The molecule has 21 heavy (non-hydrogen) atoms. The van der Waals surface area contributed by atoms with Crippen LogP contribution in [-0.2, 0) is 0 Å². The van der Waals surface area contributed by atoms with Crippen molar-refractivity contribution < 1.29 is 9.53 Å². The van der Waals surface area contributed by atoms with Gasteiger partial charge in [0.25, 0.3) is 5.91 Å². The normalized spacial score (nSPS) is 11.8. The second-order valence-corrected chi connectivity index (χ2v) is 4.91. The lowest BCUT2D eigenvalue weighted by atomic mass is 10.1. The number of pyridine rings is 1. The third-order valence-corrected chi connectivity index (χ3v) is 3.36. The molecule has 5 heteroatoms. The van der Waals surface area contributed by atoms with E-state index in [2.05, 4.69) is 10.3 Å². The number of carbonyl (C=O) groups excluding carboxylic acids is 1. The molecule has 0 radical (unpaired) electrons. The molecule has 0 aliphatic carbocycles. The van der Waals surface area contributed by atoms with Gasteiger partial charge in [-0.2, -0.15) is 0 Å². The summed E-state index contributed by atoms with van der Waals surface area (Å²) in [4.78, 5) is 16.4. The summed E-state index contributed by atoms with van der Waals surface area (Å²) in [6, 6.07) is 10.6. The average molecular weight is 305 g/mol. The molecule has 1 aromatic carbocycles. The summed E-state index contributed by atoms with van der Waals surface area (Å²) in [6.07, 6.45) is 1.60. The van der Waals surface area contributed by atoms with Gasteiger partial charge in [0.05, 0.1) is 12.6 Å². The molecular formula is C16H17ClN2O2. The Morgan fingerprint density at radius 1 is 1.33 bits per heavy atom. The van der Waals surface area contributed by atoms with Gasteiger partial charge in [0.1, 0.15) is 5.56 Å². The summed E-state index contributed by atoms with van der Waals surface area (Å²) in [5, 5.41) is 3.54. The van der Waals surface area contributed by atoms with Gasteiger partial charge in [-0.1, -0.05) is 29.8 Å². The first kappa shape index (κ1) is 15.3. The minimum absolute atomic E-state index is 0.208. The second-order valence-electron chi connectivity index (χ2n) is 4.51. The van der Waals surface area contributed by atoms with E-state index in [0.717, 1.165) is 5.56 Å². The van der Waals surface area contributed by atoms with Crippen LogP contribution in [0, 0.1) is 0 Å². The highest BCUT2D eigenvalue weighted by Gasteiger charge is 2.17. The number of rotatable bonds is 5. The van der Waals surface area contributed by atoms with Crippen LogP contribution < -0.4 is 10.1 Å². The zero-order valence-electron chi connectivity index (χ0n) is 12.0. The van der Waals surface area contributed by atoms with Crippen molar-refractivity contribution in [3.8, 4) is 5.88 Å². The molecular weight excluding hydrogens is 288 g/mol. The number of benzene rings is 1. The van der Waals surface area contributed by atoms with Gasteiger partial charge in [0.15, 0.2) is 0 Å². The number of nitrogens with one attached hydrogen (secondary N) is 1. The molecule has 2 rings (SSSR count). The van der Waals surface area contributed by atoms with E-state index in [1.807, 2.05) is 32.0 Å². The Morgan fingerprint density at radius 3 is 2.81 bits per heavy atom. The maximum absolute atomic E-state index is 12.4. The summed E-state index contributed by atoms with van der Waals surface area (Å²) in [5.41, 5.74) is 1.28. The zero-order chi connectivity index (χ0) is 15.2. The fraction of sp³-hybridized carbons (Fsp3) is 0.250. The maximum atomic E-state index is 12.4. The molecule has 0 bridgehead atoms. The van der Waals surface area contributed by atoms with E-state index in [1.165, 1.54) is 0 Å². The van der Waals surface area contributed by atoms with Gasteiger partial charge in [-0.3, -0.25) is 4.79 Å². The van der Waals surface area contributed by atoms with Gasteiger partial charge in [0.2, 0.25) is 5.88 Å². The van der Waals surface area contributed by atoms with Crippen molar-refractivity contribution in [2.75, 3.05) is 6.61 Å². The maximum Gasteiger partial charge on any atom is 0.257 e. The van der Waals surface area contributed by atoms with Crippen molar-refractivity contribution >= 4 is 17.5 Å². The average Bonchev–Trinajstić information content (AvgIpc) is 2.48. The van der Waals surface area contributed by atoms with Gasteiger partial charge in [-0.25, -0.2) is 4.98 Å². The molecule has 0 aliphatic rings. The van der Waals surface area contributed by atoms with E-state index in [1.54, 1.807) is 24.4 Å². The molecule has 1 atom stereocenters. The Balaban J connectivity index is 2.17. The third-order valence-electron chi connectivity index (χ3n) is 3.02. The summed E-state index contributed by atoms with van der Waals surface area (Å²) in [5.74, 6) is 0.0998.